The predicted molar refractivity (Wildman–Crippen MR) is 84.0 cm³/mol. The van der Waals surface area contributed by atoms with E-state index in [0.29, 0.717) is 11.7 Å². The second kappa shape index (κ2) is 8.78. The third-order valence-corrected chi connectivity index (χ3v) is 5.01. The van der Waals surface area contributed by atoms with E-state index in [1.54, 1.807) is 0 Å². The number of rotatable bonds is 7. The molecule has 3 heteroatoms. The van der Waals surface area contributed by atoms with Gasteiger partial charge in [0.15, 0.2) is 0 Å². The van der Waals surface area contributed by atoms with Crippen molar-refractivity contribution in [1.29, 1.82) is 0 Å². The lowest BCUT2D eigenvalue weighted by molar-refractivity contribution is -0.125. The second-order valence-corrected chi connectivity index (χ2v) is 6.59. The third-order valence-electron chi connectivity index (χ3n) is 5.01. The highest BCUT2D eigenvalue weighted by Crippen LogP contribution is 2.24. The van der Waals surface area contributed by atoms with Gasteiger partial charge in [-0.2, -0.15) is 0 Å². The summed E-state index contributed by atoms with van der Waals surface area (Å²) in [5, 5.41) is 3.43. The van der Waals surface area contributed by atoms with Gasteiger partial charge in [0.25, 0.3) is 0 Å². The summed E-state index contributed by atoms with van der Waals surface area (Å²) in [6.45, 7) is 6.77. The average Bonchev–Trinajstić information content (AvgIpc) is 2.52. The van der Waals surface area contributed by atoms with Crippen molar-refractivity contribution in [2.24, 2.45) is 5.92 Å². The Morgan fingerprint density at radius 2 is 1.95 bits per heavy atom. The van der Waals surface area contributed by atoms with Gasteiger partial charge in [0.05, 0.1) is 0 Å². The van der Waals surface area contributed by atoms with E-state index in [0.717, 1.165) is 44.9 Å². The molecular weight excluding hydrogens is 248 g/mol. The van der Waals surface area contributed by atoms with E-state index < -0.39 is 0 Å². The van der Waals surface area contributed by atoms with E-state index in [1.807, 2.05) is 0 Å². The van der Waals surface area contributed by atoms with Gasteiger partial charge in [0.1, 0.15) is 5.78 Å². The Bertz CT molecular complexity index is 287. The number of ketones is 1. The van der Waals surface area contributed by atoms with Gasteiger partial charge in [-0.05, 0) is 51.7 Å². The predicted octanol–water partition coefficient (Wildman–Crippen LogP) is 2.99. The third kappa shape index (κ3) is 4.85. The average molecular weight is 280 g/mol. The molecule has 2 aliphatic rings. The highest BCUT2D eigenvalue weighted by molar-refractivity contribution is 5.81. The molecule has 0 aromatic carbocycles. The summed E-state index contributed by atoms with van der Waals surface area (Å²) in [4.78, 5) is 15.0. The maximum atomic E-state index is 12.4. The van der Waals surface area contributed by atoms with Crippen molar-refractivity contribution < 1.29 is 4.79 Å². The minimum atomic E-state index is 0.334. The minimum Gasteiger partial charge on any atom is -0.317 e. The van der Waals surface area contributed by atoms with E-state index in [2.05, 4.69) is 17.1 Å². The molecule has 0 spiro atoms. The fourth-order valence-electron chi connectivity index (χ4n) is 3.70. The standard InChI is InChI=1S/C17H32N2O/c1-2-3-4-5-8-17(20)15-7-6-13-19(14-15)16-9-11-18-12-10-16/h15-16,18H,2-14H2,1H3. The topological polar surface area (TPSA) is 32.3 Å². The maximum absolute atomic E-state index is 12.4. The lowest BCUT2D eigenvalue weighted by Crippen LogP contribution is -2.48. The minimum absolute atomic E-state index is 0.334. The fourth-order valence-corrected chi connectivity index (χ4v) is 3.70. The van der Waals surface area contributed by atoms with Crippen molar-refractivity contribution >= 4 is 5.78 Å². The first-order valence-corrected chi connectivity index (χ1v) is 8.78. The quantitative estimate of drug-likeness (QED) is 0.728. The monoisotopic (exact) mass is 280 g/mol. The molecule has 2 saturated heterocycles. The molecule has 0 aromatic rings. The van der Waals surface area contributed by atoms with Crippen molar-refractivity contribution in [2.45, 2.75) is 70.8 Å². The molecule has 20 heavy (non-hydrogen) atoms. The Labute approximate surface area is 124 Å². The lowest BCUT2D eigenvalue weighted by atomic mass is 9.89. The number of carbonyl (C=O) groups excluding carboxylic acids is 1. The zero-order valence-electron chi connectivity index (χ0n) is 13.2. The van der Waals surface area contributed by atoms with Crippen molar-refractivity contribution in [3.63, 3.8) is 0 Å². The van der Waals surface area contributed by atoms with Gasteiger partial charge in [-0.1, -0.05) is 26.2 Å². The molecule has 2 heterocycles. The highest BCUT2D eigenvalue weighted by Gasteiger charge is 2.29. The molecule has 1 unspecified atom stereocenters. The number of unbranched alkanes of at least 4 members (excludes halogenated alkanes) is 3. The van der Waals surface area contributed by atoms with Crippen LogP contribution in [0.25, 0.3) is 0 Å². The van der Waals surface area contributed by atoms with Gasteiger partial charge in [0.2, 0.25) is 0 Å². The Kier molecular flexibility index (Phi) is 7.01. The normalized spacial score (nSPS) is 25.8. The van der Waals surface area contributed by atoms with Crippen LogP contribution in [0.15, 0.2) is 0 Å². The molecule has 1 atom stereocenters. The lowest BCUT2D eigenvalue weighted by Gasteiger charge is -2.39. The molecular formula is C17H32N2O. The second-order valence-electron chi connectivity index (χ2n) is 6.59. The summed E-state index contributed by atoms with van der Waals surface area (Å²) in [6, 6.07) is 0.729. The number of likely N-dealkylation sites (tertiary alicyclic amines) is 1. The van der Waals surface area contributed by atoms with Crippen LogP contribution in [-0.2, 0) is 4.79 Å². The van der Waals surface area contributed by atoms with Crippen LogP contribution in [0.3, 0.4) is 0 Å². The molecule has 3 nitrogen and oxygen atoms in total. The summed E-state index contributed by atoms with van der Waals surface area (Å²) >= 11 is 0. The number of carbonyl (C=O) groups is 1. The van der Waals surface area contributed by atoms with Gasteiger partial charge in [0, 0.05) is 24.9 Å². The highest BCUT2D eigenvalue weighted by atomic mass is 16.1. The number of nitrogens with one attached hydrogen (secondary N) is 1. The Balaban J connectivity index is 1.73. The van der Waals surface area contributed by atoms with Gasteiger partial charge in [-0.3, -0.25) is 9.69 Å². The molecule has 0 radical (unpaired) electrons. The first-order chi connectivity index (χ1) is 9.81. The molecule has 0 aromatic heterocycles. The van der Waals surface area contributed by atoms with E-state index in [-0.39, 0.29) is 0 Å². The van der Waals surface area contributed by atoms with Gasteiger partial charge >= 0.3 is 0 Å². The molecule has 0 bridgehead atoms. The van der Waals surface area contributed by atoms with Crippen LogP contribution >= 0.6 is 0 Å². The Hall–Kier alpha value is -0.410. The number of hydrogen-bond acceptors (Lipinski definition) is 3. The first-order valence-electron chi connectivity index (χ1n) is 8.78. The first kappa shape index (κ1) is 16.0. The van der Waals surface area contributed by atoms with E-state index in [9.17, 15) is 4.79 Å². The molecule has 1 N–H and O–H groups in total. The van der Waals surface area contributed by atoms with Crippen molar-refractivity contribution in [1.82, 2.24) is 10.2 Å². The molecule has 2 fully saturated rings. The van der Waals surface area contributed by atoms with Crippen molar-refractivity contribution in [3.05, 3.63) is 0 Å². The fraction of sp³-hybridized carbons (Fsp3) is 0.941. The van der Waals surface area contributed by atoms with Crippen LogP contribution in [0.2, 0.25) is 0 Å². The largest absolute Gasteiger partial charge is 0.317 e. The number of nitrogens with zero attached hydrogens (tertiary/aromatic N) is 1. The number of Topliss-reactive ketones (excluding diaryl/α,β-unsaturated/α-hetero) is 1. The van der Waals surface area contributed by atoms with E-state index >= 15 is 0 Å². The van der Waals surface area contributed by atoms with E-state index in [4.69, 9.17) is 0 Å². The van der Waals surface area contributed by atoms with E-state index in [1.165, 1.54) is 45.1 Å². The van der Waals surface area contributed by atoms with Crippen molar-refractivity contribution in [2.75, 3.05) is 26.2 Å². The zero-order chi connectivity index (χ0) is 14.2. The molecule has 116 valence electrons. The number of piperidine rings is 2. The molecule has 2 rings (SSSR count). The molecule has 0 amide bonds. The van der Waals surface area contributed by atoms with Crippen LogP contribution in [0.4, 0.5) is 0 Å². The summed E-state index contributed by atoms with van der Waals surface area (Å²) in [5.41, 5.74) is 0. The maximum Gasteiger partial charge on any atom is 0.137 e. The summed E-state index contributed by atoms with van der Waals surface area (Å²) < 4.78 is 0. The summed E-state index contributed by atoms with van der Waals surface area (Å²) in [5.74, 6) is 0.875. The Morgan fingerprint density at radius 1 is 1.15 bits per heavy atom. The van der Waals surface area contributed by atoms with Crippen LogP contribution in [0, 0.1) is 5.92 Å². The molecule has 2 aliphatic heterocycles. The van der Waals surface area contributed by atoms with Gasteiger partial charge in [-0.25, -0.2) is 0 Å². The molecule has 0 saturated carbocycles. The SMILES string of the molecule is CCCCCCC(=O)C1CCCN(C2CCNCC2)C1. The van der Waals surface area contributed by atoms with Crippen LogP contribution in [0.5, 0.6) is 0 Å². The van der Waals surface area contributed by atoms with Gasteiger partial charge in [-0.15, -0.1) is 0 Å². The number of hydrogen-bond donors (Lipinski definition) is 1. The summed E-state index contributed by atoms with van der Waals surface area (Å²) in [6.07, 6.45) is 10.6. The summed E-state index contributed by atoms with van der Waals surface area (Å²) in [7, 11) is 0. The van der Waals surface area contributed by atoms with Gasteiger partial charge < -0.3 is 5.32 Å². The zero-order valence-corrected chi connectivity index (χ0v) is 13.2. The van der Waals surface area contributed by atoms with Crippen LogP contribution < -0.4 is 5.32 Å². The van der Waals surface area contributed by atoms with Crippen LogP contribution in [0.1, 0.15) is 64.7 Å². The Morgan fingerprint density at radius 3 is 2.70 bits per heavy atom. The molecule has 0 aliphatic carbocycles. The smallest absolute Gasteiger partial charge is 0.137 e. The van der Waals surface area contributed by atoms with Crippen molar-refractivity contribution in [3.8, 4) is 0 Å². The van der Waals surface area contributed by atoms with Crippen LogP contribution in [-0.4, -0.2) is 42.9 Å².